The average Bonchev–Trinajstić information content (AvgIpc) is 2.92. The molecular weight excluding hydrogens is 464 g/mol. The Kier molecular flexibility index (Phi) is 14.8. The number of hydrogen-bond acceptors (Lipinski definition) is 5. The summed E-state index contributed by atoms with van der Waals surface area (Å²) in [7, 11) is 0. The minimum Gasteiger partial charge on any atom is -0.491 e. The van der Waals surface area contributed by atoms with Crippen LogP contribution in [-0.2, 0) is 14.3 Å². The number of ether oxygens (including phenoxy) is 3. The molecule has 5 nitrogen and oxygen atoms in total. The average molecular weight is 509 g/mol. The molecule has 0 saturated heterocycles. The molecule has 5 heteroatoms. The number of unbranched alkanes of at least 4 members (excludes halogenated alkanes) is 8. The molecule has 0 bridgehead atoms. The van der Waals surface area contributed by atoms with Crippen LogP contribution in [0.1, 0.15) is 94.8 Å². The zero-order valence-electron chi connectivity index (χ0n) is 22.7. The van der Waals surface area contributed by atoms with E-state index in [0.29, 0.717) is 18.8 Å². The number of carbonyl (C=O) groups excluding carboxylic acids is 2. The zero-order chi connectivity index (χ0) is 26.7. The molecule has 202 valence electrons. The fourth-order valence-electron chi connectivity index (χ4n) is 4.07. The molecule has 0 heterocycles. The summed E-state index contributed by atoms with van der Waals surface area (Å²) in [6.07, 6.45) is 13.4. The largest absolute Gasteiger partial charge is 0.491 e. The van der Waals surface area contributed by atoms with Crippen LogP contribution in [0.25, 0.3) is 11.1 Å². The molecule has 0 radical (unpaired) electrons. The third kappa shape index (κ3) is 12.6. The standard InChI is InChI=1S/C32H44O5/c1-4-6-7-12-15-26(3)37-30-22-20-28(21-23-30)27-16-18-29(19-17-27)32(34)36-25-14-11-9-8-10-13-24-35-31(33)5-2/h5,16-23,26H,2,4,6-15,24-25H2,1,3H3/t26-/m0/s1. The summed E-state index contributed by atoms with van der Waals surface area (Å²) in [5.41, 5.74) is 2.70. The summed E-state index contributed by atoms with van der Waals surface area (Å²) in [5.74, 6) is 0.238. The molecule has 1 atom stereocenters. The van der Waals surface area contributed by atoms with Gasteiger partial charge in [-0.25, -0.2) is 9.59 Å². The molecule has 0 spiro atoms. The number of hydrogen-bond donors (Lipinski definition) is 0. The molecule has 2 rings (SSSR count). The first-order chi connectivity index (χ1) is 18.0. The fourth-order valence-corrected chi connectivity index (χ4v) is 4.07. The topological polar surface area (TPSA) is 61.8 Å². The summed E-state index contributed by atoms with van der Waals surface area (Å²) in [4.78, 5) is 23.3. The second-order valence-electron chi connectivity index (χ2n) is 9.51. The van der Waals surface area contributed by atoms with Crippen molar-refractivity contribution >= 4 is 11.9 Å². The summed E-state index contributed by atoms with van der Waals surface area (Å²) < 4.78 is 16.4. The Hall–Kier alpha value is -3.08. The number of rotatable bonds is 19. The van der Waals surface area contributed by atoms with Crippen LogP contribution in [0.2, 0.25) is 0 Å². The van der Waals surface area contributed by atoms with Crippen molar-refractivity contribution in [3.63, 3.8) is 0 Å². The Balaban J connectivity index is 1.64. The van der Waals surface area contributed by atoms with E-state index in [9.17, 15) is 9.59 Å². The van der Waals surface area contributed by atoms with E-state index in [1.165, 1.54) is 31.8 Å². The first kappa shape index (κ1) is 30.1. The Morgan fingerprint density at radius 2 is 1.30 bits per heavy atom. The monoisotopic (exact) mass is 508 g/mol. The van der Waals surface area contributed by atoms with Crippen LogP contribution < -0.4 is 4.74 Å². The zero-order valence-corrected chi connectivity index (χ0v) is 22.7. The molecule has 0 fully saturated rings. The maximum atomic E-state index is 12.4. The van der Waals surface area contributed by atoms with E-state index in [0.717, 1.165) is 61.8 Å². The van der Waals surface area contributed by atoms with Gasteiger partial charge in [0.15, 0.2) is 0 Å². The van der Waals surface area contributed by atoms with Crippen molar-refractivity contribution in [2.75, 3.05) is 13.2 Å². The SMILES string of the molecule is C=CC(=O)OCCCCCCCCOC(=O)c1ccc(-c2ccc(O[C@@H](C)CCCCCC)cc2)cc1. The van der Waals surface area contributed by atoms with E-state index < -0.39 is 0 Å². The van der Waals surface area contributed by atoms with E-state index in [-0.39, 0.29) is 18.0 Å². The number of benzene rings is 2. The Morgan fingerprint density at radius 1 is 0.757 bits per heavy atom. The van der Waals surface area contributed by atoms with Gasteiger partial charge in [0.2, 0.25) is 0 Å². The maximum Gasteiger partial charge on any atom is 0.338 e. The van der Waals surface area contributed by atoms with Crippen LogP contribution in [0, 0.1) is 0 Å². The van der Waals surface area contributed by atoms with Crippen molar-refractivity contribution in [2.45, 2.75) is 90.6 Å². The highest BCUT2D eigenvalue weighted by molar-refractivity contribution is 5.90. The molecular formula is C32H44O5. The van der Waals surface area contributed by atoms with Gasteiger partial charge in [-0.2, -0.15) is 0 Å². The minimum atomic E-state index is -0.367. The quantitative estimate of drug-likeness (QED) is 0.108. The second-order valence-corrected chi connectivity index (χ2v) is 9.51. The first-order valence-corrected chi connectivity index (χ1v) is 13.9. The van der Waals surface area contributed by atoms with E-state index in [1.54, 1.807) is 0 Å². The van der Waals surface area contributed by atoms with Crippen LogP contribution in [0.5, 0.6) is 5.75 Å². The van der Waals surface area contributed by atoms with Gasteiger partial charge in [0.05, 0.1) is 24.9 Å². The van der Waals surface area contributed by atoms with Gasteiger partial charge in [-0.05, 0) is 68.0 Å². The predicted molar refractivity (Wildman–Crippen MR) is 150 cm³/mol. The molecule has 0 amide bonds. The van der Waals surface area contributed by atoms with Crippen molar-refractivity contribution in [3.05, 3.63) is 66.7 Å². The van der Waals surface area contributed by atoms with Crippen LogP contribution >= 0.6 is 0 Å². The molecule has 37 heavy (non-hydrogen) atoms. The van der Waals surface area contributed by atoms with E-state index in [1.807, 2.05) is 36.4 Å². The van der Waals surface area contributed by atoms with Crippen LogP contribution in [-0.4, -0.2) is 31.3 Å². The summed E-state index contributed by atoms with van der Waals surface area (Å²) in [6, 6.07) is 15.7. The first-order valence-electron chi connectivity index (χ1n) is 13.9. The highest BCUT2D eigenvalue weighted by atomic mass is 16.5. The van der Waals surface area contributed by atoms with E-state index >= 15 is 0 Å². The lowest BCUT2D eigenvalue weighted by atomic mass is 10.0. The number of carbonyl (C=O) groups is 2. The van der Waals surface area contributed by atoms with Gasteiger partial charge in [0.1, 0.15) is 5.75 Å². The molecule has 2 aromatic rings. The van der Waals surface area contributed by atoms with E-state index in [4.69, 9.17) is 14.2 Å². The third-order valence-electron chi connectivity index (χ3n) is 6.29. The molecule has 0 unspecified atom stereocenters. The molecule has 0 aliphatic rings. The highest BCUT2D eigenvalue weighted by Crippen LogP contribution is 2.24. The van der Waals surface area contributed by atoms with Crippen LogP contribution in [0.4, 0.5) is 0 Å². The van der Waals surface area contributed by atoms with E-state index in [2.05, 4.69) is 32.6 Å². The van der Waals surface area contributed by atoms with Gasteiger partial charge >= 0.3 is 11.9 Å². The van der Waals surface area contributed by atoms with Gasteiger partial charge in [0, 0.05) is 6.08 Å². The Morgan fingerprint density at radius 3 is 1.89 bits per heavy atom. The van der Waals surface area contributed by atoms with Crippen molar-refractivity contribution in [1.82, 2.24) is 0 Å². The lowest BCUT2D eigenvalue weighted by molar-refractivity contribution is -0.137. The Labute approximate surface area is 223 Å². The highest BCUT2D eigenvalue weighted by Gasteiger charge is 2.08. The normalized spacial score (nSPS) is 11.5. The molecule has 0 aliphatic heterocycles. The molecule has 0 saturated carbocycles. The third-order valence-corrected chi connectivity index (χ3v) is 6.29. The van der Waals surface area contributed by atoms with Gasteiger partial charge in [0.25, 0.3) is 0 Å². The lowest BCUT2D eigenvalue weighted by Crippen LogP contribution is -2.11. The van der Waals surface area contributed by atoms with Crippen LogP contribution in [0.3, 0.4) is 0 Å². The smallest absolute Gasteiger partial charge is 0.338 e. The van der Waals surface area contributed by atoms with Crippen molar-refractivity contribution < 1.29 is 23.8 Å². The number of esters is 2. The van der Waals surface area contributed by atoms with Gasteiger partial charge < -0.3 is 14.2 Å². The predicted octanol–water partition coefficient (Wildman–Crippen LogP) is 8.32. The summed E-state index contributed by atoms with van der Waals surface area (Å²) >= 11 is 0. The molecule has 2 aromatic carbocycles. The summed E-state index contributed by atoms with van der Waals surface area (Å²) in [5, 5.41) is 0. The lowest BCUT2D eigenvalue weighted by Gasteiger charge is -2.15. The molecule has 0 N–H and O–H groups in total. The van der Waals surface area contributed by atoms with Crippen LogP contribution in [0.15, 0.2) is 61.2 Å². The molecule has 0 aliphatic carbocycles. The molecule has 0 aromatic heterocycles. The fraction of sp³-hybridized carbons (Fsp3) is 0.500. The summed E-state index contributed by atoms with van der Waals surface area (Å²) in [6.45, 7) is 8.60. The maximum absolute atomic E-state index is 12.4. The Bertz CT molecular complexity index is 917. The van der Waals surface area contributed by atoms with Gasteiger partial charge in [-0.15, -0.1) is 0 Å². The van der Waals surface area contributed by atoms with Gasteiger partial charge in [-0.1, -0.05) is 82.7 Å². The van der Waals surface area contributed by atoms with Gasteiger partial charge in [-0.3, -0.25) is 0 Å². The van der Waals surface area contributed by atoms with Crippen molar-refractivity contribution in [2.24, 2.45) is 0 Å². The van der Waals surface area contributed by atoms with Crippen molar-refractivity contribution in [3.8, 4) is 16.9 Å². The second kappa shape index (κ2) is 18.2. The van der Waals surface area contributed by atoms with Crippen molar-refractivity contribution in [1.29, 1.82) is 0 Å². The minimum absolute atomic E-state index is 0.216.